The second kappa shape index (κ2) is 8.12. The number of amides is 1. The number of carbonyl (C=O) groups excluding carboxylic acids is 1. The molecule has 6 nitrogen and oxygen atoms in total. The Morgan fingerprint density at radius 2 is 1.79 bits per heavy atom. The van der Waals surface area contributed by atoms with Gasteiger partial charge in [-0.25, -0.2) is 0 Å². The molecule has 6 heteroatoms. The molecule has 0 saturated carbocycles. The molecule has 1 fully saturated rings. The van der Waals surface area contributed by atoms with Crippen LogP contribution in [0, 0.1) is 0 Å². The third kappa shape index (κ3) is 5.16. The van der Waals surface area contributed by atoms with E-state index in [0.717, 1.165) is 19.3 Å². The molecule has 1 saturated heterocycles. The van der Waals surface area contributed by atoms with Crippen molar-refractivity contribution in [3.05, 3.63) is 0 Å². The summed E-state index contributed by atoms with van der Waals surface area (Å²) in [6, 6.07) is -0.471. The molecule has 1 amide bonds. The van der Waals surface area contributed by atoms with Crippen molar-refractivity contribution >= 4 is 11.9 Å². The van der Waals surface area contributed by atoms with Crippen LogP contribution in [0.15, 0.2) is 0 Å². The molecule has 1 atom stereocenters. The maximum Gasteiger partial charge on any atom is 0.320 e. The first-order valence-electron chi connectivity index (χ1n) is 7.01. The summed E-state index contributed by atoms with van der Waals surface area (Å²) in [7, 11) is 0. The normalized spacial score (nSPS) is 18.3. The first kappa shape index (κ1) is 15.9. The van der Waals surface area contributed by atoms with Crippen LogP contribution >= 0.6 is 0 Å². The Labute approximate surface area is 114 Å². The van der Waals surface area contributed by atoms with Crippen molar-refractivity contribution < 1.29 is 14.7 Å². The lowest BCUT2D eigenvalue weighted by Crippen LogP contribution is -2.53. The van der Waals surface area contributed by atoms with E-state index in [0.29, 0.717) is 39.1 Å². The van der Waals surface area contributed by atoms with Gasteiger partial charge in [0.1, 0.15) is 6.04 Å². The third-order valence-corrected chi connectivity index (χ3v) is 3.67. The highest BCUT2D eigenvalue weighted by molar-refractivity contribution is 5.76. The fourth-order valence-corrected chi connectivity index (χ4v) is 2.27. The van der Waals surface area contributed by atoms with E-state index in [1.54, 1.807) is 6.92 Å². The summed E-state index contributed by atoms with van der Waals surface area (Å²) in [5, 5.41) is 8.94. The van der Waals surface area contributed by atoms with E-state index in [1.165, 1.54) is 0 Å². The zero-order valence-electron chi connectivity index (χ0n) is 11.7. The van der Waals surface area contributed by atoms with Gasteiger partial charge in [0, 0.05) is 32.6 Å². The van der Waals surface area contributed by atoms with Gasteiger partial charge in [0.15, 0.2) is 0 Å². The van der Waals surface area contributed by atoms with Crippen LogP contribution in [0.3, 0.4) is 0 Å². The number of carboxylic acid groups (broad SMARTS) is 1. The molecule has 0 radical (unpaired) electrons. The van der Waals surface area contributed by atoms with Crippen LogP contribution in [0.2, 0.25) is 0 Å². The number of carbonyl (C=O) groups is 2. The predicted molar refractivity (Wildman–Crippen MR) is 72.8 cm³/mol. The van der Waals surface area contributed by atoms with Gasteiger partial charge in [-0.1, -0.05) is 6.42 Å². The summed E-state index contributed by atoms with van der Waals surface area (Å²) in [6.07, 6.45) is 3.44. The second-order valence-electron chi connectivity index (χ2n) is 5.03. The van der Waals surface area contributed by atoms with Crippen molar-refractivity contribution in [2.24, 2.45) is 5.73 Å². The summed E-state index contributed by atoms with van der Waals surface area (Å²) >= 11 is 0. The third-order valence-electron chi connectivity index (χ3n) is 3.67. The van der Waals surface area contributed by atoms with Crippen molar-refractivity contribution in [2.45, 2.75) is 38.6 Å². The molecule has 0 aromatic rings. The average Bonchev–Trinajstić information content (AvgIpc) is 2.42. The van der Waals surface area contributed by atoms with E-state index in [2.05, 4.69) is 0 Å². The number of carboxylic acids is 1. The van der Waals surface area contributed by atoms with Crippen LogP contribution < -0.4 is 5.73 Å². The maximum absolute atomic E-state index is 11.9. The van der Waals surface area contributed by atoms with Crippen LogP contribution in [-0.4, -0.2) is 65.5 Å². The van der Waals surface area contributed by atoms with Crippen molar-refractivity contribution in [1.29, 1.82) is 0 Å². The van der Waals surface area contributed by atoms with Gasteiger partial charge in [-0.15, -0.1) is 0 Å². The molecule has 1 aliphatic heterocycles. The first-order chi connectivity index (χ1) is 9.06. The molecule has 0 aromatic heterocycles. The highest BCUT2D eigenvalue weighted by Crippen LogP contribution is 2.09. The summed E-state index contributed by atoms with van der Waals surface area (Å²) in [5.41, 5.74) is 5.41. The number of aliphatic carboxylic acids is 1. The lowest BCUT2D eigenvalue weighted by Gasteiger charge is -2.36. The topological polar surface area (TPSA) is 86.9 Å². The van der Waals surface area contributed by atoms with Gasteiger partial charge in [-0.05, 0) is 26.3 Å². The van der Waals surface area contributed by atoms with E-state index in [-0.39, 0.29) is 5.91 Å². The lowest BCUT2D eigenvalue weighted by molar-refractivity contribution is -0.144. The molecule has 0 aromatic carbocycles. The van der Waals surface area contributed by atoms with Crippen molar-refractivity contribution in [2.75, 3.05) is 32.7 Å². The van der Waals surface area contributed by atoms with Crippen LogP contribution in [0.25, 0.3) is 0 Å². The Kier molecular flexibility index (Phi) is 6.80. The smallest absolute Gasteiger partial charge is 0.320 e. The molecular weight excluding hydrogens is 246 g/mol. The molecule has 1 unspecified atom stereocenters. The number of rotatable bonds is 7. The van der Waals surface area contributed by atoms with Crippen molar-refractivity contribution in [1.82, 2.24) is 9.80 Å². The largest absolute Gasteiger partial charge is 0.480 e. The van der Waals surface area contributed by atoms with Crippen LogP contribution in [0.1, 0.15) is 32.6 Å². The molecule has 3 N–H and O–H groups in total. The van der Waals surface area contributed by atoms with Gasteiger partial charge in [-0.3, -0.25) is 14.5 Å². The van der Waals surface area contributed by atoms with Gasteiger partial charge in [-0.2, -0.15) is 0 Å². The first-order valence-corrected chi connectivity index (χ1v) is 7.01. The molecule has 19 heavy (non-hydrogen) atoms. The zero-order chi connectivity index (χ0) is 14.3. The molecule has 110 valence electrons. The van der Waals surface area contributed by atoms with Gasteiger partial charge >= 0.3 is 5.97 Å². The summed E-state index contributed by atoms with van der Waals surface area (Å²) in [5.74, 6) is -0.624. The predicted octanol–water partition coefficient (Wildman–Crippen LogP) is 0.123. The highest BCUT2D eigenvalue weighted by Gasteiger charge is 2.26. The zero-order valence-corrected chi connectivity index (χ0v) is 11.7. The minimum atomic E-state index is -0.804. The fourth-order valence-electron chi connectivity index (χ4n) is 2.27. The number of hydrogen-bond donors (Lipinski definition) is 2. The molecule has 0 spiro atoms. The number of nitrogens with two attached hydrogens (primary N) is 1. The quantitative estimate of drug-likeness (QED) is 0.642. The van der Waals surface area contributed by atoms with E-state index in [4.69, 9.17) is 10.8 Å². The monoisotopic (exact) mass is 271 g/mol. The Morgan fingerprint density at radius 1 is 1.16 bits per heavy atom. The number of unbranched alkanes of at least 4 members (excludes halogenated alkanes) is 2. The standard InChI is InChI=1S/C13H25N3O3/c1-11(13(18)19)15-7-9-16(10-8-15)12(17)5-3-2-4-6-14/h11H,2-10,14H2,1H3,(H,18,19). The summed E-state index contributed by atoms with van der Waals surface area (Å²) < 4.78 is 0. The molecule has 0 bridgehead atoms. The van der Waals surface area contributed by atoms with Gasteiger partial charge in [0.25, 0.3) is 0 Å². The van der Waals surface area contributed by atoms with E-state index < -0.39 is 12.0 Å². The number of piperazine rings is 1. The Bertz CT molecular complexity index is 302. The maximum atomic E-state index is 11.9. The molecule has 1 heterocycles. The summed E-state index contributed by atoms with van der Waals surface area (Å²) in [4.78, 5) is 26.6. The summed E-state index contributed by atoms with van der Waals surface area (Å²) in [6.45, 7) is 4.91. The van der Waals surface area contributed by atoms with Crippen LogP contribution in [0.5, 0.6) is 0 Å². The minimum Gasteiger partial charge on any atom is -0.480 e. The fraction of sp³-hybridized carbons (Fsp3) is 0.846. The minimum absolute atomic E-state index is 0.180. The Hall–Kier alpha value is -1.14. The van der Waals surface area contributed by atoms with Crippen molar-refractivity contribution in [3.63, 3.8) is 0 Å². The number of nitrogens with zero attached hydrogens (tertiary/aromatic N) is 2. The van der Waals surface area contributed by atoms with Crippen molar-refractivity contribution in [3.8, 4) is 0 Å². The Balaban J connectivity index is 2.25. The van der Waals surface area contributed by atoms with Gasteiger partial charge in [0.05, 0.1) is 0 Å². The number of hydrogen-bond acceptors (Lipinski definition) is 4. The molecule has 0 aliphatic carbocycles. The molecule has 1 aliphatic rings. The molecule has 1 rings (SSSR count). The molecular formula is C13H25N3O3. The lowest BCUT2D eigenvalue weighted by atomic mass is 10.1. The SMILES string of the molecule is CC(C(=O)O)N1CCN(C(=O)CCCCCN)CC1. The average molecular weight is 271 g/mol. The Morgan fingerprint density at radius 3 is 2.32 bits per heavy atom. The van der Waals surface area contributed by atoms with Gasteiger partial charge < -0.3 is 15.7 Å². The van der Waals surface area contributed by atoms with Gasteiger partial charge in [0.2, 0.25) is 5.91 Å². The van der Waals surface area contributed by atoms with Crippen LogP contribution in [-0.2, 0) is 9.59 Å². The van der Waals surface area contributed by atoms with Crippen LogP contribution in [0.4, 0.5) is 0 Å². The van der Waals surface area contributed by atoms with E-state index in [9.17, 15) is 9.59 Å². The second-order valence-corrected chi connectivity index (χ2v) is 5.03. The van der Waals surface area contributed by atoms with E-state index in [1.807, 2.05) is 9.80 Å². The van der Waals surface area contributed by atoms with E-state index >= 15 is 0 Å². The highest BCUT2D eigenvalue weighted by atomic mass is 16.4.